The van der Waals surface area contributed by atoms with Crippen LogP contribution in [0.25, 0.3) is 10.1 Å². The van der Waals surface area contributed by atoms with E-state index in [0.717, 1.165) is 21.4 Å². The fourth-order valence-corrected chi connectivity index (χ4v) is 5.16. The van der Waals surface area contributed by atoms with Crippen LogP contribution in [0.5, 0.6) is 0 Å². The normalized spacial score (nSPS) is 22.4. The summed E-state index contributed by atoms with van der Waals surface area (Å²) < 4.78 is 22.5. The lowest BCUT2D eigenvalue weighted by atomic mass is 10.2. The van der Waals surface area contributed by atoms with Crippen molar-refractivity contribution in [2.75, 3.05) is 19.4 Å². The summed E-state index contributed by atoms with van der Waals surface area (Å²) in [5.74, 6) is 0.296. The van der Waals surface area contributed by atoms with Crippen molar-refractivity contribution >= 4 is 37.1 Å². The molecule has 3 rings (SSSR count). The molecule has 2 heterocycles. The molecular formula is C13H13NO3S2. The van der Waals surface area contributed by atoms with Gasteiger partial charge in [-0.1, -0.05) is 0 Å². The van der Waals surface area contributed by atoms with Gasteiger partial charge in [0.05, 0.1) is 16.8 Å². The average molecular weight is 295 g/mol. The standard InChI is InChI=1S/C13H13NO3S2/c1-17-13(15)12-8-9-7-10(3-4-11(9)18-12)19(16)6-2-5-14-19/h3-4,7-8H,2,5-6H2,1H3. The molecule has 100 valence electrons. The first-order valence-corrected chi connectivity index (χ1v) is 8.45. The van der Waals surface area contributed by atoms with Crippen LogP contribution in [0.2, 0.25) is 0 Å². The van der Waals surface area contributed by atoms with Gasteiger partial charge in [0.15, 0.2) is 0 Å². The molecule has 19 heavy (non-hydrogen) atoms. The number of benzene rings is 1. The van der Waals surface area contributed by atoms with E-state index in [1.54, 1.807) is 6.07 Å². The fraction of sp³-hybridized carbons (Fsp3) is 0.308. The third-order valence-electron chi connectivity index (χ3n) is 3.12. The molecule has 0 amide bonds. The zero-order valence-corrected chi connectivity index (χ0v) is 12.1. The molecule has 0 N–H and O–H groups in total. The van der Waals surface area contributed by atoms with Gasteiger partial charge in [-0.15, -0.1) is 11.3 Å². The van der Waals surface area contributed by atoms with Gasteiger partial charge < -0.3 is 4.74 Å². The van der Waals surface area contributed by atoms with Gasteiger partial charge in [-0.3, -0.25) is 0 Å². The number of rotatable bonds is 2. The second-order valence-corrected chi connectivity index (χ2v) is 7.86. The topological polar surface area (TPSA) is 55.7 Å². The molecule has 4 nitrogen and oxygen atoms in total. The van der Waals surface area contributed by atoms with E-state index < -0.39 is 9.73 Å². The maximum Gasteiger partial charge on any atom is 0.348 e. The lowest BCUT2D eigenvalue weighted by Gasteiger charge is -2.03. The Morgan fingerprint density at radius 1 is 1.42 bits per heavy atom. The highest BCUT2D eigenvalue weighted by molar-refractivity contribution is 7.93. The smallest absolute Gasteiger partial charge is 0.348 e. The van der Waals surface area contributed by atoms with Gasteiger partial charge >= 0.3 is 5.97 Å². The Kier molecular flexibility index (Phi) is 3.06. The maximum absolute atomic E-state index is 12.6. The van der Waals surface area contributed by atoms with Crippen molar-refractivity contribution in [3.63, 3.8) is 0 Å². The zero-order chi connectivity index (χ0) is 13.5. The number of carbonyl (C=O) groups excluding carboxylic acids is 1. The molecule has 1 aromatic heterocycles. The highest BCUT2D eigenvalue weighted by Gasteiger charge is 2.18. The van der Waals surface area contributed by atoms with Gasteiger partial charge in [0.1, 0.15) is 4.88 Å². The molecule has 1 aliphatic rings. The van der Waals surface area contributed by atoms with Crippen LogP contribution in [0.1, 0.15) is 16.1 Å². The largest absolute Gasteiger partial charge is 0.465 e. The summed E-state index contributed by atoms with van der Waals surface area (Å²) in [6, 6.07) is 7.43. The Bertz CT molecular complexity index is 769. The Morgan fingerprint density at radius 3 is 2.95 bits per heavy atom. The van der Waals surface area contributed by atoms with Crippen LogP contribution >= 0.6 is 11.3 Å². The van der Waals surface area contributed by atoms with E-state index in [2.05, 4.69) is 4.36 Å². The number of nitrogens with zero attached hydrogens (tertiary/aromatic N) is 1. The number of hydrogen-bond donors (Lipinski definition) is 0. The molecule has 1 unspecified atom stereocenters. The third kappa shape index (κ3) is 2.15. The van der Waals surface area contributed by atoms with Crippen molar-refractivity contribution in [3.8, 4) is 0 Å². The monoisotopic (exact) mass is 295 g/mol. The molecule has 0 aliphatic carbocycles. The first kappa shape index (κ1) is 12.6. The molecule has 1 aromatic carbocycles. The molecule has 2 aromatic rings. The van der Waals surface area contributed by atoms with Gasteiger partial charge in [-0.05, 0) is 36.1 Å². The number of carbonyl (C=O) groups is 1. The van der Waals surface area contributed by atoms with Crippen molar-refractivity contribution in [2.24, 2.45) is 4.36 Å². The lowest BCUT2D eigenvalue weighted by molar-refractivity contribution is 0.0606. The summed E-state index contributed by atoms with van der Waals surface area (Å²) in [4.78, 5) is 12.8. The van der Waals surface area contributed by atoms with E-state index in [9.17, 15) is 9.00 Å². The molecule has 0 saturated heterocycles. The van der Waals surface area contributed by atoms with Crippen LogP contribution in [0.3, 0.4) is 0 Å². The average Bonchev–Trinajstić information content (AvgIpc) is 3.03. The second kappa shape index (κ2) is 4.61. The summed E-state index contributed by atoms with van der Waals surface area (Å²) in [5.41, 5.74) is 0. The van der Waals surface area contributed by atoms with Crippen LogP contribution in [-0.2, 0) is 14.5 Å². The van der Waals surface area contributed by atoms with Crippen LogP contribution in [0, 0.1) is 0 Å². The zero-order valence-electron chi connectivity index (χ0n) is 10.4. The number of fused-ring (bicyclic) bond motifs is 1. The van der Waals surface area contributed by atoms with Gasteiger partial charge in [0.25, 0.3) is 0 Å². The molecule has 0 fully saturated rings. The van der Waals surface area contributed by atoms with Gasteiger partial charge in [0, 0.05) is 21.9 Å². The van der Waals surface area contributed by atoms with Crippen molar-refractivity contribution < 1.29 is 13.7 Å². The Hall–Kier alpha value is -1.40. The molecule has 0 radical (unpaired) electrons. The molecule has 1 aliphatic heterocycles. The highest BCUT2D eigenvalue weighted by atomic mass is 32.2. The van der Waals surface area contributed by atoms with E-state index in [1.165, 1.54) is 18.4 Å². The summed E-state index contributed by atoms with van der Waals surface area (Å²) >= 11 is 1.38. The van der Waals surface area contributed by atoms with Crippen molar-refractivity contribution in [1.29, 1.82) is 0 Å². The predicted octanol–water partition coefficient (Wildman–Crippen LogP) is 2.92. The van der Waals surface area contributed by atoms with Crippen LogP contribution in [-0.4, -0.2) is 29.6 Å². The molecule has 0 bridgehead atoms. The summed E-state index contributed by atoms with van der Waals surface area (Å²) in [6.45, 7) is 0.675. The predicted molar refractivity (Wildman–Crippen MR) is 76.4 cm³/mol. The summed E-state index contributed by atoms with van der Waals surface area (Å²) in [7, 11) is -0.860. The van der Waals surface area contributed by atoms with E-state index >= 15 is 0 Å². The third-order valence-corrected chi connectivity index (χ3v) is 6.65. The number of thiophene rings is 1. The highest BCUT2D eigenvalue weighted by Crippen LogP contribution is 2.30. The van der Waals surface area contributed by atoms with Crippen molar-refractivity contribution in [1.82, 2.24) is 0 Å². The van der Waals surface area contributed by atoms with E-state index in [-0.39, 0.29) is 5.97 Å². The van der Waals surface area contributed by atoms with E-state index in [1.807, 2.05) is 18.2 Å². The fourth-order valence-electron chi connectivity index (χ4n) is 2.15. The van der Waals surface area contributed by atoms with Crippen LogP contribution in [0.4, 0.5) is 0 Å². The Labute approximate surface area is 115 Å². The molecule has 0 saturated carbocycles. The molecular weight excluding hydrogens is 282 g/mol. The van der Waals surface area contributed by atoms with Gasteiger partial charge in [-0.25, -0.2) is 13.4 Å². The first-order chi connectivity index (χ1) is 9.12. The summed E-state index contributed by atoms with van der Waals surface area (Å²) in [5, 5.41) is 0.924. The van der Waals surface area contributed by atoms with E-state index in [0.29, 0.717) is 17.2 Å². The lowest BCUT2D eigenvalue weighted by Crippen LogP contribution is -2.00. The molecule has 0 spiro atoms. The Morgan fingerprint density at radius 2 is 2.26 bits per heavy atom. The number of methoxy groups -OCH3 is 1. The minimum Gasteiger partial charge on any atom is -0.465 e. The SMILES string of the molecule is COC(=O)c1cc2cc(S3(=O)=NCCC3)ccc2s1. The van der Waals surface area contributed by atoms with Gasteiger partial charge in [-0.2, -0.15) is 0 Å². The second-order valence-electron chi connectivity index (χ2n) is 4.35. The van der Waals surface area contributed by atoms with Crippen molar-refractivity contribution in [2.45, 2.75) is 11.3 Å². The number of ether oxygens (including phenoxy) is 1. The Balaban J connectivity index is 2.11. The van der Waals surface area contributed by atoms with Crippen LogP contribution < -0.4 is 0 Å². The van der Waals surface area contributed by atoms with Gasteiger partial charge in [0.2, 0.25) is 0 Å². The van der Waals surface area contributed by atoms with Crippen molar-refractivity contribution in [3.05, 3.63) is 29.1 Å². The van der Waals surface area contributed by atoms with Crippen LogP contribution in [0.15, 0.2) is 33.5 Å². The maximum atomic E-state index is 12.6. The first-order valence-electron chi connectivity index (χ1n) is 5.95. The number of esters is 1. The molecule has 6 heteroatoms. The summed E-state index contributed by atoms with van der Waals surface area (Å²) in [6.07, 6.45) is 0.883. The quantitative estimate of drug-likeness (QED) is 0.800. The number of hydrogen-bond acceptors (Lipinski definition) is 5. The molecule has 1 atom stereocenters. The minimum absolute atomic E-state index is 0.336. The minimum atomic E-state index is -2.23. The van der Waals surface area contributed by atoms with E-state index in [4.69, 9.17) is 4.74 Å².